The lowest BCUT2D eigenvalue weighted by Crippen LogP contribution is -2.18. The molecule has 1 aromatic heterocycles. The van der Waals surface area contributed by atoms with E-state index in [0.29, 0.717) is 0 Å². The summed E-state index contributed by atoms with van der Waals surface area (Å²) in [6.07, 6.45) is 3.42. The maximum absolute atomic E-state index is 4.60. The molecule has 1 heterocycles. The summed E-state index contributed by atoms with van der Waals surface area (Å²) < 4.78 is 2.16. The Morgan fingerprint density at radius 1 is 1.35 bits per heavy atom. The van der Waals surface area contributed by atoms with Crippen LogP contribution in [0.25, 0.3) is 0 Å². The van der Waals surface area contributed by atoms with Crippen molar-refractivity contribution in [3.8, 4) is 0 Å². The van der Waals surface area contributed by atoms with Gasteiger partial charge in [0.2, 0.25) is 0 Å². The third-order valence-electron chi connectivity index (χ3n) is 3.20. The van der Waals surface area contributed by atoms with E-state index < -0.39 is 0 Å². The zero-order valence-electron chi connectivity index (χ0n) is 11.8. The van der Waals surface area contributed by atoms with Gasteiger partial charge in [0.15, 0.2) is 0 Å². The number of aryl methyl sites for hydroxylation is 2. The van der Waals surface area contributed by atoms with Gasteiger partial charge in [-0.25, -0.2) is 0 Å². The van der Waals surface area contributed by atoms with E-state index in [9.17, 15) is 0 Å². The summed E-state index contributed by atoms with van der Waals surface area (Å²) in [7, 11) is 0. The predicted octanol–water partition coefficient (Wildman–Crippen LogP) is 2.64. The first-order valence-corrected chi connectivity index (χ1v) is 6.97. The lowest BCUT2D eigenvalue weighted by molar-refractivity contribution is 0.481. The second kappa shape index (κ2) is 7.49. The largest absolute Gasteiger partial charge is 0.317 e. The number of rotatable bonds is 8. The molecule has 0 fully saturated rings. The fraction of sp³-hybridized carbons (Fsp3) is 0.786. The first kappa shape index (κ1) is 14.2. The van der Waals surface area contributed by atoms with Gasteiger partial charge in [0.1, 0.15) is 0 Å². The Morgan fingerprint density at radius 3 is 2.71 bits per heavy atom. The van der Waals surface area contributed by atoms with Gasteiger partial charge in [0.25, 0.3) is 0 Å². The number of hydrogen-bond acceptors (Lipinski definition) is 2. The maximum atomic E-state index is 4.60. The van der Waals surface area contributed by atoms with E-state index in [1.165, 1.54) is 17.8 Å². The molecule has 17 heavy (non-hydrogen) atoms. The summed E-state index contributed by atoms with van der Waals surface area (Å²) in [6, 6.07) is 2.27. The van der Waals surface area contributed by atoms with Gasteiger partial charge in [-0.3, -0.25) is 4.68 Å². The first-order chi connectivity index (χ1) is 8.21. The van der Waals surface area contributed by atoms with Crippen molar-refractivity contribution in [1.82, 2.24) is 15.1 Å². The van der Waals surface area contributed by atoms with Crippen LogP contribution in [0.1, 0.15) is 45.5 Å². The van der Waals surface area contributed by atoms with Crippen molar-refractivity contribution in [2.24, 2.45) is 5.92 Å². The number of nitrogens with one attached hydrogen (secondary N) is 1. The smallest absolute Gasteiger partial charge is 0.0624 e. The monoisotopic (exact) mass is 237 g/mol. The van der Waals surface area contributed by atoms with Crippen molar-refractivity contribution in [3.63, 3.8) is 0 Å². The molecular weight excluding hydrogens is 210 g/mol. The minimum Gasteiger partial charge on any atom is -0.317 e. The van der Waals surface area contributed by atoms with Crippen molar-refractivity contribution >= 4 is 0 Å². The molecule has 0 saturated heterocycles. The Hall–Kier alpha value is -0.830. The quantitative estimate of drug-likeness (QED) is 0.704. The average Bonchev–Trinajstić information content (AvgIpc) is 2.71. The van der Waals surface area contributed by atoms with Crippen molar-refractivity contribution in [1.29, 1.82) is 0 Å². The van der Waals surface area contributed by atoms with E-state index in [0.717, 1.165) is 38.4 Å². The van der Waals surface area contributed by atoms with Gasteiger partial charge in [0, 0.05) is 12.2 Å². The molecule has 1 N–H and O–H groups in total. The van der Waals surface area contributed by atoms with Gasteiger partial charge in [-0.15, -0.1) is 0 Å². The lowest BCUT2D eigenvalue weighted by atomic mass is 10.0. The van der Waals surface area contributed by atoms with Gasteiger partial charge in [-0.1, -0.05) is 20.8 Å². The number of aromatic nitrogens is 2. The number of nitrogens with zero attached hydrogens (tertiary/aromatic N) is 2. The molecule has 0 saturated carbocycles. The minimum absolute atomic E-state index is 0.723. The highest BCUT2D eigenvalue weighted by Gasteiger charge is 2.09. The molecule has 0 aromatic carbocycles. The van der Waals surface area contributed by atoms with Gasteiger partial charge < -0.3 is 5.32 Å². The fourth-order valence-corrected chi connectivity index (χ4v) is 2.11. The summed E-state index contributed by atoms with van der Waals surface area (Å²) in [5.41, 5.74) is 2.62. The zero-order valence-corrected chi connectivity index (χ0v) is 11.8. The van der Waals surface area contributed by atoms with Crippen LogP contribution in [0.15, 0.2) is 6.07 Å². The lowest BCUT2D eigenvalue weighted by Gasteiger charge is -2.12. The molecule has 0 amide bonds. The van der Waals surface area contributed by atoms with Gasteiger partial charge >= 0.3 is 0 Å². The average molecular weight is 237 g/mol. The van der Waals surface area contributed by atoms with Crippen molar-refractivity contribution in [2.45, 2.75) is 53.5 Å². The molecule has 0 aliphatic rings. The molecule has 0 aliphatic carbocycles. The Kier molecular flexibility index (Phi) is 6.27. The van der Waals surface area contributed by atoms with Crippen molar-refractivity contribution in [2.75, 3.05) is 13.1 Å². The third kappa shape index (κ3) is 4.50. The van der Waals surface area contributed by atoms with Gasteiger partial charge in [-0.2, -0.15) is 5.10 Å². The summed E-state index contributed by atoms with van der Waals surface area (Å²) in [5, 5.41) is 7.99. The number of hydrogen-bond donors (Lipinski definition) is 1. The predicted molar refractivity (Wildman–Crippen MR) is 73.3 cm³/mol. The molecule has 3 nitrogen and oxygen atoms in total. The molecule has 1 unspecified atom stereocenters. The molecule has 1 aromatic rings. The van der Waals surface area contributed by atoms with Crippen molar-refractivity contribution < 1.29 is 0 Å². The highest BCUT2D eigenvalue weighted by Crippen LogP contribution is 2.13. The van der Waals surface area contributed by atoms with Crippen LogP contribution in [0.4, 0.5) is 0 Å². The standard InChI is InChI=1S/C14H27N3/c1-5-13-11-14(17(7-3)16-13)10-12(4)8-9-15-6-2/h11-12,15H,5-10H2,1-4H3. The fourth-order valence-electron chi connectivity index (χ4n) is 2.11. The summed E-state index contributed by atoms with van der Waals surface area (Å²) in [5.74, 6) is 0.723. The molecule has 0 spiro atoms. The topological polar surface area (TPSA) is 29.9 Å². The summed E-state index contributed by atoms with van der Waals surface area (Å²) in [6.45, 7) is 12.0. The molecule has 98 valence electrons. The van der Waals surface area contributed by atoms with E-state index in [-0.39, 0.29) is 0 Å². The van der Waals surface area contributed by atoms with Crippen LogP contribution in [0.3, 0.4) is 0 Å². The zero-order chi connectivity index (χ0) is 12.7. The van der Waals surface area contributed by atoms with Crippen LogP contribution in [-0.4, -0.2) is 22.9 Å². The highest BCUT2D eigenvalue weighted by molar-refractivity contribution is 5.11. The first-order valence-electron chi connectivity index (χ1n) is 6.97. The SMILES string of the molecule is CCNCCC(C)Cc1cc(CC)nn1CC. The van der Waals surface area contributed by atoms with Crippen LogP contribution in [0.2, 0.25) is 0 Å². The molecule has 1 rings (SSSR count). The van der Waals surface area contributed by atoms with E-state index >= 15 is 0 Å². The van der Waals surface area contributed by atoms with Crippen LogP contribution in [0, 0.1) is 5.92 Å². The Balaban J connectivity index is 2.51. The minimum atomic E-state index is 0.723. The molecule has 0 bridgehead atoms. The maximum Gasteiger partial charge on any atom is 0.0624 e. The van der Waals surface area contributed by atoms with E-state index in [2.05, 4.69) is 48.9 Å². The van der Waals surface area contributed by atoms with E-state index in [1.54, 1.807) is 0 Å². The summed E-state index contributed by atoms with van der Waals surface area (Å²) >= 11 is 0. The molecule has 1 atom stereocenters. The van der Waals surface area contributed by atoms with Crippen LogP contribution >= 0.6 is 0 Å². The Morgan fingerprint density at radius 2 is 2.12 bits per heavy atom. The Labute approximate surface area is 106 Å². The molecule has 3 heteroatoms. The Bertz CT molecular complexity index is 317. The molecular formula is C14H27N3. The van der Waals surface area contributed by atoms with Gasteiger partial charge in [-0.05, 0) is 51.3 Å². The molecule has 0 aliphatic heterocycles. The summed E-state index contributed by atoms with van der Waals surface area (Å²) in [4.78, 5) is 0. The van der Waals surface area contributed by atoms with Crippen LogP contribution in [0.5, 0.6) is 0 Å². The van der Waals surface area contributed by atoms with Crippen LogP contribution in [-0.2, 0) is 19.4 Å². The van der Waals surface area contributed by atoms with Crippen molar-refractivity contribution in [3.05, 3.63) is 17.5 Å². The highest BCUT2D eigenvalue weighted by atomic mass is 15.3. The second-order valence-corrected chi connectivity index (χ2v) is 4.75. The third-order valence-corrected chi connectivity index (χ3v) is 3.20. The normalized spacial score (nSPS) is 12.9. The van der Waals surface area contributed by atoms with Crippen LogP contribution < -0.4 is 5.32 Å². The molecule has 0 radical (unpaired) electrons. The van der Waals surface area contributed by atoms with E-state index in [4.69, 9.17) is 0 Å². The van der Waals surface area contributed by atoms with E-state index in [1.807, 2.05) is 0 Å². The second-order valence-electron chi connectivity index (χ2n) is 4.75. The van der Waals surface area contributed by atoms with Gasteiger partial charge in [0.05, 0.1) is 5.69 Å².